The molecule has 1 unspecified atom stereocenters. The van der Waals surface area contributed by atoms with Gasteiger partial charge < -0.3 is 11.1 Å². The zero-order chi connectivity index (χ0) is 14.4. The Hall–Kier alpha value is -0.780. The number of hydrogen-bond donors (Lipinski definition) is 2. The van der Waals surface area contributed by atoms with E-state index in [-0.39, 0.29) is 36.8 Å². The molecule has 1 aromatic rings. The molecule has 7 heteroatoms. The smallest absolute Gasteiger partial charge is 0.224 e. The van der Waals surface area contributed by atoms with Crippen LogP contribution in [0.25, 0.3) is 0 Å². The molecule has 0 spiro atoms. The van der Waals surface area contributed by atoms with E-state index in [4.69, 9.17) is 5.73 Å². The number of aromatic nitrogens is 2. The molecule has 0 fully saturated rings. The first-order valence-corrected chi connectivity index (χ1v) is 6.98. The molecule has 0 aliphatic carbocycles. The maximum Gasteiger partial charge on any atom is 0.224 e. The molecule has 0 saturated heterocycles. The second-order valence-electron chi connectivity index (χ2n) is 5.09. The number of carbonyl (C=O) groups is 1. The molecule has 3 N–H and O–H groups in total. The van der Waals surface area contributed by atoms with Crippen LogP contribution in [0.2, 0.25) is 0 Å². The standard InChI is InChI=1S/C14H26N4O.2ClH/c1-5-6-7-12(9-15)16-14(19)8-13-10(2)17-18(4)11(13)3;;/h12H,5-9,15H2,1-4H3,(H,16,19);2*1H. The molecular weight excluding hydrogens is 311 g/mol. The molecule has 0 aromatic carbocycles. The van der Waals surface area contributed by atoms with E-state index in [2.05, 4.69) is 17.3 Å². The molecule has 1 aromatic heterocycles. The third-order valence-corrected chi connectivity index (χ3v) is 3.55. The molecule has 0 saturated carbocycles. The summed E-state index contributed by atoms with van der Waals surface area (Å²) in [7, 11) is 1.90. The molecule has 5 nitrogen and oxygen atoms in total. The molecule has 0 bridgehead atoms. The predicted molar refractivity (Wildman–Crippen MR) is 91.4 cm³/mol. The van der Waals surface area contributed by atoms with Gasteiger partial charge in [0, 0.05) is 30.9 Å². The molecule has 1 heterocycles. The third kappa shape index (κ3) is 6.68. The first-order chi connectivity index (χ1) is 8.99. The Morgan fingerprint density at radius 2 is 2.00 bits per heavy atom. The normalized spacial score (nSPS) is 11.3. The molecular formula is C14H28Cl2N4O. The van der Waals surface area contributed by atoms with Crippen molar-refractivity contribution in [1.82, 2.24) is 15.1 Å². The molecule has 124 valence electrons. The summed E-state index contributed by atoms with van der Waals surface area (Å²) >= 11 is 0. The van der Waals surface area contributed by atoms with Crippen LogP contribution in [0.5, 0.6) is 0 Å². The minimum absolute atomic E-state index is 0. The highest BCUT2D eigenvalue weighted by Crippen LogP contribution is 2.12. The van der Waals surface area contributed by atoms with Gasteiger partial charge in [-0.15, -0.1) is 24.8 Å². The van der Waals surface area contributed by atoms with E-state index in [1.54, 1.807) is 0 Å². The number of halogens is 2. The highest BCUT2D eigenvalue weighted by Gasteiger charge is 2.15. The van der Waals surface area contributed by atoms with E-state index in [0.29, 0.717) is 13.0 Å². The number of carbonyl (C=O) groups excluding carboxylic acids is 1. The number of nitrogens with one attached hydrogen (secondary N) is 1. The Morgan fingerprint density at radius 3 is 2.43 bits per heavy atom. The van der Waals surface area contributed by atoms with Crippen LogP contribution in [-0.4, -0.2) is 28.3 Å². The highest BCUT2D eigenvalue weighted by atomic mass is 35.5. The van der Waals surface area contributed by atoms with Crippen molar-refractivity contribution in [2.75, 3.05) is 6.54 Å². The molecule has 0 aliphatic rings. The van der Waals surface area contributed by atoms with Gasteiger partial charge in [0.25, 0.3) is 0 Å². The van der Waals surface area contributed by atoms with Crippen molar-refractivity contribution >= 4 is 30.7 Å². The summed E-state index contributed by atoms with van der Waals surface area (Å²) in [6.45, 7) is 6.56. The zero-order valence-electron chi connectivity index (χ0n) is 13.3. The Bertz CT molecular complexity index is 435. The van der Waals surface area contributed by atoms with Gasteiger partial charge in [-0.05, 0) is 20.3 Å². The summed E-state index contributed by atoms with van der Waals surface area (Å²) in [6.07, 6.45) is 3.54. The monoisotopic (exact) mass is 338 g/mol. The van der Waals surface area contributed by atoms with Crippen LogP contribution >= 0.6 is 24.8 Å². The Labute approximate surface area is 139 Å². The van der Waals surface area contributed by atoms with E-state index < -0.39 is 0 Å². The lowest BCUT2D eigenvalue weighted by Crippen LogP contribution is -2.41. The number of hydrogen-bond acceptors (Lipinski definition) is 3. The lowest BCUT2D eigenvalue weighted by molar-refractivity contribution is -0.121. The maximum atomic E-state index is 12.1. The van der Waals surface area contributed by atoms with Gasteiger partial charge in [0.1, 0.15) is 0 Å². The summed E-state index contributed by atoms with van der Waals surface area (Å²) in [6, 6.07) is 0.0877. The van der Waals surface area contributed by atoms with Crippen LogP contribution < -0.4 is 11.1 Å². The number of nitrogens with zero attached hydrogens (tertiary/aromatic N) is 2. The third-order valence-electron chi connectivity index (χ3n) is 3.55. The molecule has 21 heavy (non-hydrogen) atoms. The van der Waals surface area contributed by atoms with Gasteiger partial charge in [-0.1, -0.05) is 19.8 Å². The summed E-state index contributed by atoms with van der Waals surface area (Å²) in [4.78, 5) is 12.1. The van der Waals surface area contributed by atoms with Crippen LogP contribution in [0.3, 0.4) is 0 Å². The first kappa shape index (κ1) is 22.5. The topological polar surface area (TPSA) is 72.9 Å². The largest absolute Gasteiger partial charge is 0.352 e. The highest BCUT2D eigenvalue weighted by molar-refractivity contribution is 5.85. The fourth-order valence-corrected chi connectivity index (χ4v) is 2.21. The molecule has 0 radical (unpaired) electrons. The van der Waals surface area contributed by atoms with Crippen molar-refractivity contribution in [3.63, 3.8) is 0 Å². The fraction of sp³-hybridized carbons (Fsp3) is 0.714. The van der Waals surface area contributed by atoms with Crippen molar-refractivity contribution in [2.45, 2.75) is 52.5 Å². The second kappa shape index (κ2) is 10.9. The van der Waals surface area contributed by atoms with Crippen LogP contribution in [0.4, 0.5) is 0 Å². The van der Waals surface area contributed by atoms with Crippen molar-refractivity contribution in [3.8, 4) is 0 Å². The molecule has 0 aliphatic heterocycles. The van der Waals surface area contributed by atoms with Gasteiger partial charge >= 0.3 is 0 Å². The minimum atomic E-state index is 0. The molecule has 1 rings (SSSR count). The van der Waals surface area contributed by atoms with Crippen LogP contribution in [0.1, 0.15) is 43.1 Å². The van der Waals surface area contributed by atoms with Gasteiger partial charge in [-0.3, -0.25) is 9.48 Å². The van der Waals surface area contributed by atoms with Gasteiger partial charge in [-0.2, -0.15) is 5.10 Å². The SMILES string of the molecule is CCCCC(CN)NC(=O)Cc1c(C)nn(C)c1C.Cl.Cl. The van der Waals surface area contributed by atoms with E-state index in [1.807, 2.05) is 25.6 Å². The van der Waals surface area contributed by atoms with Crippen molar-refractivity contribution in [3.05, 3.63) is 17.0 Å². The Balaban J connectivity index is 0. The van der Waals surface area contributed by atoms with Gasteiger partial charge in [0.2, 0.25) is 5.91 Å². The summed E-state index contributed by atoms with van der Waals surface area (Å²) < 4.78 is 1.81. The number of amides is 1. The van der Waals surface area contributed by atoms with Crippen molar-refractivity contribution in [2.24, 2.45) is 12.8 Å². The fourth-order valence-electron chi connectivity index (χ4n) is 2.21. The van der Waals surface area contributed by atoms with Crippen LogP contribution in [-0.2, 0) is 18.3 Å². The Morgan fingerprint density at radius 1 is 1.38 bits per heavy atom. The average Bonchev–Trinajstić information content (AvgIpc) is 2.61. The number of nitrogens with two attached hydrogens (primary N) is 1. The number of rotatable bonds is 7. The average molecular weight is 339 g/mol. The van der Waals surface area contributed by atoms with E-state index in [1.165, 1.54) is 0 Å². The van der Waals surface area contributed by atoms with E-state index in [0.717, 1.165) is 36.2 Å². The zero-order valence-corrected chi connectivity index (χ0v) is 14.9. The Kier molecular flexibility index (Phi) is 11.7. The van der Waals surface area contributed by atoms with Crippen LogP contribution in [0, 0.1) is 13.8 Å². The lowest BCUT2D eigenvalue weighted by Gasteiger charge is -2.16. The summed E-state index contributed by atoms with van der Waals surface area (Å²) in [5.41, 5.74) is 8.68. The van der Waals surface area contributed by atoms with Crippen molar-refractivity contribution < 1.29 is 4.79 Å². The maximum absolute atomic E-state index is 12.1. The lowest BCUT2D eigenvalue weighted by atomic mass is 10.1. The van der Waals surface area contributed by atoms with Gasteiger partial charge in [-0.25, -0.2) is 0 Å². The molecule has 1 amide bonds. The van der Waals surface area contributed by atoms with Gasteiger partial charge in [0.05, 0.1) is 12.1 Å². The molecule has 1 atom stereocenters. The van der Waals surface area contributed by atoms with Gasteiger partial charge in [0.15, 0.2) is 0 Å². The van der Waals surface area contributed by atoms with E-state index >= 15 is 0 Å². The number of aryl methyl sites for hydroxylation is 2. The summed E-state index contributed by atoms with van der Waals surface area (Å²) in [5.74, 6) is 0.0331. The van der Waals surface area contributed by atoms with E-state index in [9.17, 15) is 4.79 Å². The predicted octanol–water partition coefficient (Wildman–Crippen LogP) is 2.06. The minimum Gasteiger partial charge on any atom is -0.352 e. The second-order valence-corrected chi connectivity index (χ2v) is 5.09. The first-order valence-electron chi connectivity index (χ1n) is 6.98. The van der Waals surface area contributed by atoms with Crippen molar-refractivity contribution in [1.29, 1.82) is 0 Å². The van der Waals surface area contributed by atoms with Crippen LogP contribution in [0.15, 0.2) is 0 Å². The quantitative estimate of drug-likeness (QED) is 0.799. The number of unbranched alkanes of at least 4 members (excludes halogenated alkanes) is 1. The summed E-state index contributed by atoms with van der Waals surface area (Å²) in [5, 5.41) is 7.34.